The Morgan fingerprint density at radius 2 is 0.624 bits per heavy atom. The predicted molar refractivity (Wildman–Crippen MR) is 413 cm³/mol. The Hall–Kier alpha value is -13.4. The number of rotatable bonds is 11. The van der Waals surface area contributed by atoms with E-state index in [0.29, 0.717) is 34.9 Å². The maximum Gasteiger partial charge on any atom is 0.166 e. The van der Waals surface area contributed by atoms with Crippen molar-refractivity contribution in [1.29, 1.82) is 0 Å². The molecule has 18 aromatic rings. The zero-order chi connectivity index (χ0) is 67.4. The van der Waals surface area contributed by atoms with E-state index in [9.17, 15) is 0 Å². The van der Waals surface area contributed by atoms with E-state index in [2.05, 4.69) is 235 Å². The SMILES string of the molecule is CC1(C)c2ccccc2-c2cc3c4ccccc4n(-c4cccc(-c5nc(-c6ccccc6)nc(-c6ccccc6)n5)c4)c3cc21.c1ccc(-c2cc(-c3ccccc3)nc(-c3ccc(-n4c5ccccc5c5ccccc54)c(-c4nc(-c5ccccc5)nc(-c5ccccc5)n4)c3)c2)cc1. The van der Waals surface area contributed by atoms with E-state index < -0.39 is 0 Å². The summed E-state index contributed by atoms with van der Waals surface area (Å²) in [6, 6.07) is 120. The van der Waals surface area contributed by atoms with Crippen molar-refractivity contribution in [2.45, 2.75) is 19.3 Å². The van der Waals surface area contributed by atoms with Crippen molar-refractivity contribution < 1.29 is 0 Å². The molecule has 476 valence electrons. The molecule has 101 heavy (non-hydrogen) atoms. The quantitative estimate of drug-likeness (QED) is 0.127. The molecule has 0 saturated carbocycles. The molecule has 5 aromatic heterocycles. The minimum absolute atomic E-state index is 0.0875. The summed E-state index contributed by atoms with van der Waals surface area (Å²) >= 11 is 0. The first-order chi connectivity index (χ1) is 49.8. The van der Waals surface area contributed by atoms with Crippen molar-refractivity contribution in [3.63, 3.8) is 0 Å². The molecule has 1 aliphatic carbocycles. The molecule has 0 atom stereocenters. The summed E-state index contributed by atoms with van der Waals surface area (Å²) in [6.45, 7) is 4.68. The van der Waals surface area contributed by atoms with Crippen LogP contribution in [0.5, 0.6) is 0 Å². The van der Waals surface area contributed by atoms with Crippen LogP contribution in [0, 0.1) is 0 Å². The van der Waals surface area contributed by atoms with E-state index in [1.807, 2.05) is 133 Å². The highest BCUT2D eigenvalue weighted by atomic mass is 15.1. The topological polar surface area (TPSA) is 100 Å². The van der Waals surface area contributed by atoms with Gasteiger partial charge < -0.3 is 9.13 Å². The zero-order valence-electron chi connectivity index (χ0n) is 55.4. The fourth-order valence-corrected chi connectivity index (χ4v) is 14.6. The van der Waals surface area contributed by atoms with Gasteiger partial charge in [-0.3, -0.25) is 0 Å². The maximum atomic E-state index is 5.30. The van der Waals surface area contributed by atoms with Gasteiger partial charge in [0.1, 0.15) is 0 Å². The Labute approximate surface area is 584 Å². The molecule has 0 fully saturated rings. The molecule has 0 aliphatic heterocycles. The van der Waals surface area contributed by atoms with Gasteiger partial charge in [-0.15, -0.1) is 0 Å². The molecule has 0 radical (unpaired) electrons. The fraction of sp³-hybridized carbons (Fsp3) is 0.0326. The van der Waals surface area contributed by atoms with Crippen LogP contribution in [0.4, 0.5) is 0 Å². The molecule has 13 aromatic carbocycles. The van der Waals surface area contributed by atoms with Gasteiger partial charge in [0.05, 0.1) is 39.1 Å². The van der Waals surface area contributed by atoms with Gasteiger partial charge in [-0.1, -0.05) is 293 Å². The van der Waals surface area contributed by atoms with Gasteiger partial charge in [0.2, 0.25) is 0 Å². The van der Waals surface area contributed by atoms with Gasteiger partial charge in [0.25, 0.3) is 0 Å². The summed E-state index contributed by atoms with van der Waals surface area (Å²) in [7, 11) is 0. The number of benzene rings is 13. The molecule has 0 N–H and O–H groups in total. The van der Waals surface area contributed by atoms with Crippen molar-refractivity contribution in [2.24, 2.45) is 0 Å². The number of para-hydroxylation sites is 3. The summed E-state index contributed by atoms with van der Waals surface area (Å²) in [5.74, 6) is 3.76. The normalized spacial score (nSPS) is 12.1. The van der Waals surface area contributed by atoms with Crippen LogP contribution in [0.25, 0.3) is 168 Å². The second-order valence-corrected chi connectivity index (χ2v) is 26.0. The summed E-state index contributed by atoms with van der Waals surface area (Å²) in [4.78, 5) is 35.7. The van der Waals surface area contributed by atoms with Gasteiger partial charge in [0.15, 0.2) is 34.9 Å². The second kappa shape index (κ2) is 25.2. The Balaban J connectivity index is 0.000000147. The highest BCUT2D eigenvalue weighted by Crippen LogP contribution is 2.51. The third-order valence-electron chi connectivity index (χ3n) is 19.5. The Kier molecular flexibility index (Phi) is 15.0. The van der Waals surface area contributed by atoms with Gasteiger partial charge >= 0.3 is 0 Å². The molecular weight excluding hydrogens is 1230 g/mol. The average Bonchev–Trinajstić information content (AvgIpc) is 1.54. The van der Waals surface area contributed by atoms with Crippen molar-refractivity contribution in [2.75, 3.05) is 0 Å². The Morgan fingerprint density at radius 1 is 0.218 bits per heavy atom. The molecule has 0 spiro atoms. The van der Waals surface area contributed by atoms with Crippen LogP contribution in [0.3, 0.4) is 0 Å². The highest BCUT2D eigenvalue weighted by molar-refractivity contribution is 6.12. The zero-order valence-corrected chi connectivity index (χ0v) is 55.4. The Morgan fingerprint density at radius 3 is 1.15 bits per heavy atom. The van der Waals surface area contributed by atoms with Crippen LogP contribution >= 0.6 is 0 Å². The monoisotopic (exact) mass is 1290 g/mol. The summed E-state index contributed by atoms with van der Waals surface area (Å²) in [6.07, 6.45) is 0. The largest absolute Gasteiger partial charge is 0.309 e. The third kappa shape index (κ3) is 11.0. The summed E-state index contributed by atoms with van der Waals surface area (Å²) < 4.78 is 4.73. The third-order valence-corrected chi connectivity index (χ3v) is 19.5. The Bertz CT molecular complexity index is 5920. The van der Waals surface area contributed by atoms with E-state index in [-0.39, 0.29) is 5.41 Å². The van der Waals surface area contributed by atoms with Crippen LogP contribution < -0.4 is 0 Å². The lowest BCUT2D eigenvalue weighted by atomic mass is 9.82. The fourth-order valence-electron chi connectivity index (χ4n) is 14.6. The van der Waals surface area contributed by atoms with E-state index in [1.165, 1.54) is 54.8 Å². The number of hydrogen-bond donors (Lipinski definition) is 0. The first-order valence-electron chi connectivity index (χ1n) is 34.1. The van der Waals surface area contributed by atoms with Crippen LogP contribution in [0.2, 0.25) is 0 Å². The van der Waals surface area contributed by atoms with Crippen LogP contribution in [-0.4, -0.2) is 44.0 Å². The average molecular weight is 1290 g/mol. The van der Waals surface area contributed by atoms with Gasteiger partial charge in [-0.25, -0.2) is 34.9 Å². The van der Waals surface area contributed by atoms with Crippen LogP contribution in [-0.2, 0) is 5.41 Å². The number of nitrogens with zero attached hydrogens (tertiary/aromatic N) is 9. The van der Waals surface area contributed by atoms with E-state index in [1.54, 1.807) is 0 Å². The van der Waals surface area contributed by atoms with Gasteiger partial charge in [-0.2, -0.15) is 0 Å². The van der Waals surface area contributed by atoms with Crippen molar-refractivity contribution in [1.82, 2.24) is 44.0 Å². The molecule has 1 aliphatic rings. The van der Waals surface area contributed by atoms with Crippen molar-refractivity contribution in [3.05, 3.63) is 357 Å². The van der Waals surface area contributed by atoms with Crippen molar-refractivity contribution >= 4 is 43.6 Å². The first kappa shape index (κ1) is 60.1. The smallest absolute Gasteiger partial charge is 0.166 e. The number of aromatic nitrogens is 9. The van der Waals surface area contributed by atoms with E-state index >= 15 is 0 Å². The lowest BCUT2D eigenvalue weighted by Crippen LogP contribution is -2.14. The minimum atomic E-state index is -0.0875. The maximum absolute atomic E-state index is 5.30. The molecule has 0 bridgehead atoms. The molecule has 9 heteroatoms. The lowest BCUT2D eigenvalue weighted by Gasteiger charge is -2.21. The van der Waals surface area contributed by atoms with E-state index in [4.69, 9.17) is 34.9 Å². The first-order valence-corrected chi connectivity index (χ1v) is 34.1. The number of fused-ring (bicyclic) bond motifs is 9. The lowest BCUT2D eigenvalue weighted by molar-refractivity contribution is 0.661. The van der Waals surface area contributed by atoms with E-state index in [0.717, 1.165) is 89.4 Å². The molecule has 0 saturated heterocycles. The molecule has 9 nitrogen and oxygen atoms in total. The van der Waals surface area contributed by atoms with Crippen LogP contribution in [0.1, 0.15) is 25.0 Å². The van der Waals surface area contributed by atoms with Gasteiger partial charge in [-0.05, 0) is 100 Å². The highest BCUT2D eigenvalue weighted by Gasteiger charge is 2.36. The molecule has 0 amide bonds. The number of hydrogen-bond acceptors (Lipinski definition) is 7. The summed E-state index contributed by atoms with van der Waals surface area (Å²) in [5.41, 5.74) is 23.5. The molecular formula is C92H63N9. The predicted octanol–water partition coefficient (Wildman–Crippen LogP) is 22.6. The number of pyridine rings is 1. The summed E-state index contributed by atoms with van der Waals surface area (Å²) in [5, 5.41) is 4.86. The second-order valence-electron chi connectivity index (χ2n) is 26.0. The van der Waals surface area contributed by atoms with Crippen LogP contribution in [0.15, 0.2) is 346 Å². The molecule has 5 heterocycles. The molecule has 19 rings (SSSR count). The standard InChI is InChI=1S/C50H33N5.C42H30N4/c1-5-17-34(18-6-1)39-32-43(35-19-7-2-8-20-35)51-44(33-39)38-29-30-47(55-45-27-15-13-25-40(45)41-26-14-16-28-46(41)55)42(31-38)50-53-48(36-21-9-3-10-22-36)52-49(54-50)37-23-11-4-12-24-37;1-42(2)35-22-11-9-20-31(35)33-25-34-32-21-10-12-23-37(32)46(38(34)26-36(33)42)30-19-13-18-29(24-30)41-44-39(27-14-5-3-6-15-27)43-40(45-41)28-16-7-4-8-17-28/h1-33H;3-26H,1-2H3. The van der Waals surface area contributed by atoms with Gasteiger partial charge in [0, 0.05) is 77.2 Å². The molecule has 0 unspecified atom stereocenters. The minimum Gasteiger partial charge on any atom is -0.309 e. The van der Waals surface area contributed by atoms with Crippen molar-refractivity contribution in [3.8, 4) is 124 Å².